The van der Waals surface area contributed by atoms with Gasteiger partial charge in [0.15, 0.2) is 5.78 Å². The van der Waals surface area contributed by atoms with Crippen molar-refractivity contribution in [2.45, 2.75) is 25.8 Å². The lowest BCUT2D eigenvalue weighted by atomic mass is 9.94. The van der Waals surface area contributed by atoms with Crippen LogP contribution in [-0.4, -0.2) is 17.3 Å². The standard InChI is InChI=1S/C20H20N2O/c1-13-6-8-14(9-7-13)12-18(23)20-19-16(10-11-21-20)15-4-2-3-5-17(15)22-19/h2-9,20-22H,10-12H2,1H3. The normalized spacial score (nSPS) is 17.2. The average molecular weight is 304 g/mol. The van der Waals surface area contributed by atoms with E-state index < -0.39 is 0 Å². The number of carbonyl (C=O) groups is 1. The SMILES string of the molecule is Cc1ccc(CC(=O)C2NCCc3c2[nH]c2ccccc32)cc1. The summed E-state index contributed by atoms with van der Waals surface area (Å²) in [6.07, 6.45) is 1.43. The number of aryl methyl sites for hydroxylation is 1. The Balaban J connectivity index is 1.65. The molecule has 0 amide bonds. The van der Waals surface area contributed by atoms with Crippen LogP contribution in [0.15, 0.2) is 48.5 Å². The number of hydrogen-bond donors (Lipinski definition) is 2. The average Bonchev–Trinajstić information content (AvgIpc) is 2.95. The number of H-pyrrole nitrogens is 1. The minimum atomic E-state index is -0.229. The van der Waals surface area contributed by atoms with E-state index in [-0.39, 0.29) is 11.8 Å². The van der Waals surface area contributed by atoms with E-state index in [4.69, 9.17) is 0 Å². The zero-order valence-corrected chi connectivity index (χ0v) is 13.2. The molecule has 0 aliphatic carbocycles. The lowest BCUT2D eigenvalue weighted by Gasteiger charge is -2.23. The maximum atomic E-state index is 12.8. The van der Waals surface area contributed by atoms with Crippen molar-refractivity contribution < 1.29 is 4.79 Å². The zero-order chi connectivity index (χ0) is 15.8. The highest BCUT2D eigenvalue weighted by molar-refractivity contribution is 5.92. The number of nitrogens with one attached hydrogen (secondary N) is 2. The van der Waals surface area contributed by atoms with E-state index in [0.717, 1.165) is 29.7 Å². The van der Waals surface area contributed by atoms with Gasteiger partial charge >= 0.3 is 0 Å². The highest BCUT2D eigenvalue weighted by Crippen LogP contribution is 2.30. The van der Waals surface area contributed by atoms with Crippen LogP contribution < -0.4 is 5.32 Å². The fraction of sp³-hybridized carbons (Fsp3) is 0.250. The quantitative estimate of drug-likeness (QED) is 0.778. The van der Waals surface area contributed by atoms with Gasteiger partial charge in [0.25, 0.3) is 0 Å². The third-order valence-electron chi connectivity index (χ3n) is 4.68. The lowest BCUT2D eigenvalue weighted by molar-refractivity contribution is -0.120. The third-order valence-corrected chi connectivity index (χ3v) is 4.68. The predicted octanol–water partition coefficient (Wildman–Crippen LogP) is 3.47. The Morgan fingerprint density at radius 3 is 2.74 bits per heavy atom. The van der Waals surface area contributed by atoms with Crippen molar-refractivity contribution in [1.82, 2.24) is 10.3 Å². The molecule has 0 spiro atoms. The molecule has 116 valence electrons. The number of para-hydroxylation sites is 1. The Morgan fingerprint density at radius 1 is 1.13 bits per heavy atom. The smallest absolute Gasteiger partial charge is 0.160 e. The number of ketones is 1. The summed E-state index contributed by atoms with van der Waals surface area (Å²) in [5, 5.41) is 4.63. The van der Waals surface area contributed by atoms with Crippen molar-refractivity contribution in [1.29, 1.82) is 0 Å². The van der Waals surface area contributed by atoms with Crippen LogP contribution in [0.25, 0.3) is 10.9 Å². The number of rotatable bonds is 3. The van der Waals surface area contributed by atoms with E-state index >= 15 is 0 Å². The largest absolute Gasteiger partial charge is 0.356 e. The number of hydrogen-bond acceptors (Lipinski definition) is 2. The molecule has 1 atom stereocenters. The first-order valence-corrected chi connectivity index (χ1v) is 8.13. The van der Waals surface area contributed by atoms with E-state index in [9.17, 15) is 4.79 Å². The molecule has 3 nitrogen and oxygen atoms in total. The van der Waals surface area contributed by atoms with Gasteiger partial charge in [-0.15, -0.1) is 0 Å². The Kier molecular flexibility index (Phi) is 3.50. The van der Waals surface area contributed by atoms with Crippen LogP contribution in [0.4, 0.5) is 0 Å². The molecule has 1 aliphatic heterocycles. The molecule has 23 heavy (non-hydrogen) atoms. The molecular weight excluding hydrogens is 284 g/mol. The molecule has 1 aromatic heterocycles. The summed E-state index contributed by atoms with van der Waals surface area (Å²) in [4.78, 5) is 16.3. The molecule has 2 heterocycles. The molecule has 3 aromatic rings. The summed E-state index contributed by atoms with van der Waals surface area (Å²) in [7, 11) is 0. The first-order valence-electron chi connectivity index (χ1n) is 8.13. The molecule has 2 N–H and O–H groups in total. The molecule has 0 saturated carbocycles. The number of fused-ring (bicyclic) bond motifs is 3. The Labute approximate surface area is 135 Å². The van der Waals surface area contributed by atoms with Crippen LogP contribution >= 0.6 is 0 Å². The van der Waals surface area contributed by atoms with Crippen LogP contribution in [0.3, 0.4) is 0 Å². The number of aromatic nitrogens is 1. The molecular formula is C20H20N2O. The highest BCUT2D eigenvalue weighted by Gasteiger charge is 2.28. The molecule has 1 unspecified atom stereocenters. The summed E-state index contributed by atoms with van der Waals surface area (Å²) in [6, 6.07) is 16.3. The van der Waals surface area contributed by atoms with Gasteiger partial charge in [-0.2, -0.15) is 0 Å². The molecule has 2 aromatic carbocycles. The maximum Gasteiger partial charge on any atom is 0.160 e. The number of benzene rings is 2. The molecule has 1 aliphatic rings. The number of Topliss-reactive ketones (excluding diaryl/α,β-unsaturated/α-hetero) is 1. The summed E-state index contributed by atoms with van der Waals surface area (Å²) in [5.74, 6) is 0.223. The molecule has 3 heteroatoms. The monoisotopic (exact) mass is 304 g/mol. The van der Waals surface area contributed by atoms with Crippen molar-refractivity contribution in [3.63, 3.8) is 0 Å². The van der Waals surface area contributed by atoms with Crippen LogP contribution in [0.5, 0.6) is 0 Å². The van der Waals surface area contributed by atoms with Crippen LogP contribution in [0.1, 0.15) is 28.4 Å². The van der Waals surface area contributed by atoms with Gasteiger partial charge in [-0.3, -0.25) is 4.79 Å². The summed E-state index contributed by atoms with van der Waals surface area (Å²) >= 11 is 0. The maximum absolute atomic E-state index is 12.8. The second-order valence-corrected chi connectivity index (χ2v) is 6.33. The fourth-order valence-electron chi connectivity index (χ4n) is 3.46. The Morgan fingerprint density at radius 2 is 1.91 bits per heavy atom. The van der Waals surface area contributed by atoms with Gasteiger partial charge in [0, 0.05) is 29.6 Å². The number of carbonyl (C=O) groups excluding carboxylic acids is 1. The predicted molar refractivity (Wildman–Crippen MR) is 92.6 cm³/mol. The fourth-order valence-corrected chi connectivity index (χ4v) is 3.46. The first kappa shape index (κ1) is 14.2. The van der Waals surface area contributed by atoms with E-state index in [1.54, 1.807) is 0 Å². The van der Waals surface area contributed by atoms with Gasteiger partial charge in [0.05, 0.1) is 0 Å². The lowest BCUT2D eigenvalue weighted by Crippen LogP contribution is -2.35. The van der Waals surface area contributed by atoms with Gasteiger partial charge in [0.1, 0.15) is 6.04 Å². The van der Waals surface area contributed by atoms with Gasteiger partial charge in [-0.1, -0.05) is 48.0 Å². The van der Waals surface area contributed by atoms with Crippen molar-refractivity contribution in [3.05, 3.63) is 70.9 Å². The van der Waals surface area contributed by atoms with E-state index in [1.807, 2.05) is 18.2 Å². The van der Waals surface area contributed by atoms with Crippen LogP contribution in [0, 0.1) is 6.92 Å². The van der Waals surface area contributed by atoms with Gasteiger partial charge < -0.3 is 10.3 Å². The van der Waals surface area contributed by atoms with E-state index in [1.165, 1.54) is 16.5 Å². The van der Waals surface area contributed by atoms with Gasteiger partial charge in [0.2, 0.25) is 0 Å². The van der Waals surface area contributed by atoms with Crippen molar-refractivity contribution >= 4 is 16.7 Å². The zero-order valence-electron chi connectivity index (χ0n) is 13.2. The Bertz CT molecular complexity index is 861. The molecule has 0 bridgehead atoms. The molecule has 0 fully saturated rings. The summed E-state index contributed by atoms with van der Waals surface area (Å²) < 4.78 is 0. The second kappa shape index (κ2) is 5.67. The van der Waals surface area contributed by atoms with Crippen molar-refractivity contribution in [2.75, 3.05) is 6.54 Å². The topological polar surface area (TPSA) is 44.9 Å². The van der Waals surface area contributed by atoms with E-state index in [0.29, 0.717) is 6.42 Å². The van der Waals surface area contributed by atoms with Gasteiger partial charge in [-0.05, 0) is 30.5 Å². The van der Waals surface area contributed by atoms with Gasteiger partial charge in [-0.25, -0.2) is 0 Å². The summed E-state index contributed by atoms with van der Waals surface area (Å²) in [6.45, 7) is 2.91. The molecule has 4 rings (SSSR count). The summed E-state index contributed by atoms with van der Waals surface area (Å²) in [5.41, 5.74) is 5.76. The molecule has 0 saturated heterocycles. The van der Waals surface area contributed by atoms with Crippen LogP contribution in [0.2, 0.25) is 0 Å². The van der Waals surface area contributed by atoms with E-state index in [2.05, 4.69) is 47.6 Å². The van der Waals surface area contributed by atoms with Crippen molar-refractivity contribution in [3.8, 4) is 0 Å². The molecule has 0 radical (unpaired) electrons. The highest BCUT2D eigenvalue weighted by atomic mass is 16.1. The minimum absolute atomic E-state index is 0.223. The Hall–Kier alpha value is -2.39. The number of aromatic amines is 1. The second-order valence-electron chi connectivity index (χ2n) is 6.33. The third kappa shape index (κ3) is 2.57. The first-order chi connectivity index (χ1) is 11.2. The van der Waals surface area contributed by atoms with Crippen LogP contribution in [-0.2, 0) is 17.6 Å². The van der Waals surface area contributed by atoms with Crippen molar-refractivity contribution in [2.24, 2.45) is 0 Å². The minimum Gasteiger partial charge on any atom is -0.356 e.